The van der Waals surface area contributed by atoms with Crippen LogP contribution in [0.3, 0.4) is 0 Å². The van der Waals surface area contributed by atoms with Crippen molar-refractivity contribution in [1.82, 2.24) is 14.9 Å². The molecule has 164 valence electrons. The molecule has 1 amide bonds. The Labute approximate surface area is 187 Å². The summed E-state index contributed by atoms with van der Waals surface area (Å²) in [5.74, 6) is 0.940. The summed E-state index contributed by atoms with van der Waals surface area (Å²) in [7, 11) is 1.69. The second kappa shape index (κ2) is 8.24. The van der Waals surface area contributed by atoms with Gasteiger partial charge in [-0.05, 0) is 42.5 Å². The molecule has 0 aliphatic carbocycles. The van der Waals surface area contributed by atoms with Gasteiger partial charge in [-0.2, -0.15) is 0 Å². The Balaban J connectivity index is 1.39. The first-order valence-electron chi connectivity index (χ1n) is 10.9. The van der Waals surface area contributed by atoms with Crippen LogP contribution in [0, 0.1) is 0 Å². The van der Waals surface area contributed by atoms with Gasteiger partial charge in [-0.1, -0.05) is 36.4 Å². The Kier molecular flexibility index (Phi) is 5.27. The lowest BCUT2D eigenvalue weighted by atomic mass is 9.79. The number of nitrogens with zero attached hydrogens (tertiary/aromatic N) is 3. The van der Waals surface area contributed by atoms with Gasteiger partial charge in [0.15, 0.2) is 0 Å². The highest BCUT2D eigenvalue weighted by molar-refractivity contribution is 5.99. The van der Waals surface area contributed by atoms with Crippen LogP contribution < -0.4 is 10.5 Å². The molecule has 2 aromatic carbocycles. The van der Waals surface area contributed by atoms with E-state index in [1.54, 1.807) is 7.11 Å². The summed E-state index contributed by atoms with van der Waals surface area (Å²) >= 11 is 0. The fraction of sp³-hybridized carbons (Fsp3) is 0.320. The number of nitrogens with two attached hydrogens (primary N) is 1. The van der Waals surface area contributed by atoms with Gasteiger partial charge < -0.3 is 20.1 Å². The molecule has 2 aliphatic rings. The second-order valence-electron chi connectivity index (χ2n) is 8.26. The van der Waals surface area contributed by atoms with Crippen molar-refractivity contribution >= 4 is 11.9 Å². The lowest BCUT2D eigenvalue weighted by Crippen LogP contribution is -2.48. The molecule has 2 aliphatic heterocycles. The third kappa shape index (κ3) is 3.58. The van der Waals surface area contributed by atoms with Gasteiger partial charge >= 0.3 is 0 Å². The van der Waals surface area contributed by atoms with Gasteiger partial charge in [-0.25, -0.2) is 9.97 Å². The molecule has 32 heavy (non-hydrogen) atoms. The number of benzene rings is 2. The quantitative estimate of drug-likeness (QED) is 0.685. The van der Waals surface area contributed by atoms with E-state index in [4.69, 9.17) is 15.2 Å². The van der Waals surface area contributed by atoms with Crippen molar-refractivity contribution in [3.8, 4) is 17.0 Å². The largest absolute Gasteiger partial charge is 0.497 e. The Bertz CT molecular complexity index is 1140. The van der Waals surface area contributed by atoms with Crippen LogP contribution in [-0.2, 0) is 16.8 Å². The zero-order valence-electron chi connectivity index (χ0n) is 18.1. The van der Waals surface area contributed by atoms with E-state index in [0.29, 0.717) is 31.0 Å². The molecule has 0 radical (unpaired) electrons. The standard InChI is InChI=1S/C25H26N4O3/c1-31-19-7-8-21-18(15-19)9-14-32-25(21)10-12-29(13-11-25)23(30)20-16-27-24(26)28-22(20)17-5-3-2-4-6-17/h2-8,15-16H,9-14H2,1H3,(H2,26,27,28). The summed E-state index contributed by atoms with van der Waals surface area (Å²) in [6.45, 7) is 1.88. The van der Waals surface area contributed by atoms with E-state index in [-0.39, 0.29) is 17.5 Å². The number of fused-ring (bicyclic) bond motifs is 2. The van der Waals surface area contributed by atoms with Gasteiger partial charge in [0, 0.05) is 24.8 Å². The van der Waals surface area contributed by atoms with E-state index in [2.05, 4.69) is 22.1 Å². The lowest BCUT2D eigenvalue weighted by Gasteiger charge is -2.45. The Morgan fingerprint density at radius 2 is 1.94 bits per heavy atom. The number of hydrogen-bond acceptors (Lipinski definition) is 6. The maximum atomic E-state index is 13.5. The number of aromatic nitrogens is 2. The number of ether oxygens (including phenoxy) is 2. The van der Waals surface area contributed by atoms with E-state index in [0.717, 1.165) is 30.6 Å². The van der Waals surface area contributed by atoms with E-state index in [1.165, 1.54) is 17.3 Å². The molecule has 1 spiro atoms. The highest BCUT2D eigenvalue weighted by Gasteiger charge is 2.42. The summed E-state index contributed by atoms with van der Waals surface area (Å²) in [6, 6.07) is 15.8. The van der Waals surface area contributed by atoms with Crippen LogP contribution in [0.1, 0.15) is 34.3 Å². The molecule has 0 bridgehead atoms. The summed E-state index contributed by atoms with van der Waals surface area (Å²) in [5.41, 5.74) is 9.85. The van der Waals surface area contributed by atoms with Crippen molar-refractivity contribution in [3.05, 3.63) is 71.4 Å². The number of likely N-dealkylation sites (tertiary alicyclic amines) is 1. The van der Waals surface area contributed by atoms with Crippen LogP contribution in [0.15, 0.2) is 54.7 Å². The predicted molar refractivity (Wildman–Crippen MR) is 121 cm³/mol. The lowest BCUT2D eigenvalue weighted by molar-refractivity contribution is -0.0935. The third-order valence-corrected chi connectivity index (χ3v) is 6.50. The molecule has 0 atom stereocenters. The number of nitrogen functional groups attached to an aromatic ring is 1. The van der Waals surface area contributed by atoms with Crippen LogP contribution in [-0.4, -0.2) is 47.6 Å². The first-order valence-corrected chi connectivity index (χ1v) is 10.9. The first kappa shape index (κ1) is 20.5. The molecular formula is C25H26N4O3. The minimum atomic E-state index is -0.351. The van der Waals surface area contributed by atoms with Gasteiger partial charge in [0.1, 0.15) is 5.75 Å². The normalized spacial score (nSPS) is 17.1. The summed E-state index contributed by atoms with van der Waals surface area (Å²) in [5, 5.41) is 0. The molecular weight excluding hydrogens is 404 g/mol. The van der Waals surface area contributed by atoms with E-state index in [1.807, 2.05) is 41.3 Å². The van der Waals surface area contributed by atoms with E-state index >= 15 is 0 Å². The topological polar surface area (TPSA) is 90.6 Å². The molecule has 3 aromatic rings. The van der Waals surface area contributed by atoms with Crippen molar-refractivity contribution in [2.75, 3.05) is 32.5 Å². The van der Waals surface area contributed by atoms with E-state index in [9.17, 15) is 4.79 Å². The predicted octanol–water partition coefficient (Wildman–Crippen LogP) is 3.44. The maximum absolute atomic E-state index is 13.5. The van der Waals surface area contributed by atoms with Crippen molar-refractivity contribution in [3.63, 3.8) is 0 Å². The monoisotopic (exact) mass is 430 g/mol. The van der Waals surface area contributed by atoms with Gasteiger partial charge in [-0.3, -0.25) is 4.79 Å². The highest BCUT2D eigenvalue weighted by atomic mass is 16.5. The second-order valence-corrected chi connectivity index (χ2v) is 8.26. The van der Waals surface area contributed by atoms with Crippen LogP contribution in [0.4, 0.5) is 5.95 Å². The zero-order valence-corrected chi connectivity index (χ0v) is 18.1. The molecule has 1 aromatic heterocycles. The van der Waals surface area contributed by atoms with Crippen LogP contribution in [0.25, 0.3) is 11.3 Å². The van der Waals surface area contributed by atoms with Crippen LogP contribution >= 0.6 is 0 Å². The number of hydrogen-bond donors (Lipinski definition) is 1. The summed E-state index contributed by atoms with van der Waals surface area (Å²) < 4.78 is 11.7. The summed E-state index contributed by atoms with van der Waals surface area (Å²) in [6.07, 6.45) is 3.90. The number of carbonyl (C=O) groups is 1. The average molecular weight is 431 g/mol. The Hall–Kier alpha value is -3.45. The smallest absolute Gasteiger partial charge is 0.257 e. The van der Waals surface area contributed by atoms with Crippen LogP contribution in [0.2, 0.25) is 0 Å². The minimum absolute atomic E-state index is 0.0792. The number of anilines is 1. The molecule has 7 nitrogen and oxygen atoms in total. The number of rotatable bonds is 3. The fourth-order valence-electron chi connectivity index (χ4n) is 4.81. The number of carbonyl (C=O) groups excluding carboxylic acids is 1. The minimum Gasteiger partial charge on any atom is -0.497 e. The zero-order chi connectivity index (χ0) is 22.1. The van der Waals surface area contributed by atoms with Crippen molar-refractivity contribution in [2.45, 2.75) is 24.9 Å². The number of methoxy groups -OCH3 is 1. The molecule has 1 fully saturated rings. The first-order chi connectivity index (χ1) is 15.6. The fourth-order valence-corrected chi connectivity index (χ4v) is 4.81. The van der Waals surface area contributed by atoms with Crippen molar-refractivity contribution in [2.24, 2.45) is 0 Å². The Morgan fingerprint density at radius 3 is 2.69 bits per heavy atom. The molecule has 2 N–H and O–H groups in total. The third-order valence-electron chi connectivity index (χ3n) is 6.50. The Morgan fingerprint density at radius 1 is 1.16 bits per heavy atom. The molecule has 1 saturated heterocycles. The van der Waals surface area contributed by atoms with Gasteiger partial charge in [0.2, 0.25) is 5.95 Å². The van der Waals surface area contributed by atoms with Crippen molar-refractivity contribution < 1.29 is 14.3 Å². The van der Waals surface area contributed by atoms with Gasteiger partial charge in [-0.15, -0.1) is 0 Å². The number of amides is 1. The maximum Gasteiger partial charge on any atom is 0.257 e. The molecule has 7 heteroatoms. The average Bonchev–Trinajstić information content (AvgIpc) is 2.84. The SMILES string of the molecule is COc1ccc2c(c1)CCOC21CCN(C(=O)c2cnc(N)nc2-c2ccccc2)CC1. The highest BCUT2D eigenvalue weighted by Crippen LogP contribution is 2.42. The molecule has 0 saturated carbocycles. The van der Waals surface area contributed by atoms with Crippen LogP contribution in [0.5, 0.6) is 5.75 Å². The van der Waals surface area contributed by atoms with E-state index < -0.39 is 0 Å². The molecule has 3 heterocycles. The van der Waals surface area contributed by atoms with Gasteiger partial charge in [0.05, 0.1) is 30.6 Å². The van der Waals surface area contributed by atoms with Crippen molar-refractivity contribution in [1.29, 1.82) is 0 Å². The molecule has 0 unspecified atom stereocenters. The molecule has 5 rings (SSSR count). The number of piperidine rings is 1. The summed E-state index contributed by atoms with van der Waals surface area (Å²) in [4.78, 5) is 23.8. The van der Waals surface area contributed by atoms with Gasteiger partial charge in [0.25, 0.3) is 5.91 Å².